The molecule has 1 aliphatic carbocycles. The van der Waals surface area contributed by atoms with Gasteiger partial charge in [0.25, 0.3) is 0 Å². The van der Waals surface area contributed by atoms with E-state index in [1.807, 2.05) is 31.2 Å². The number of amides is 1. The van der Waals surface area contributed by atoms with Crippen LogP contribution in [-0.2, 0) is 30.7 Å². The monoisotopic (exact) mass is 621 g/mol. The number of sulfone groups is 1. The van der Waals surface area contributed by atoms with Crippen molar-refractivity contribution < 1.29 is 27.1 Å². The van der Waals surface area contributed by atoms with Crippen molar-refractivity contribution in [1.29, 1.82) is 5.41 Å². The Morgan fingerprint density at radius 1 is 0.909 bits per heavy atom. The molecule has 10 heteroatoms. The molecule has 1 saturated carbocycles. The average molecular weight is 622 g/mol. The second-order valence-electron chi connectivity index (χ2n) is 11.2. The van der Waals surface area contributed by atoms with Crippen molar-refractivity contribution in [3.05, 3.63) is 89.7 Å². The van der Waals surface area contributed by atoms with Crippen LogP contribution in [0.15, 0.2) is 77.7 Å². The number of ether oxygens (including phenoxy) is 1. The van der Waals surface area contributed by atoms with Gasteiger partial charge in [-0.05, 0) is 92.0 Å². The van der Waals surface area contributed by atoms with Crippen LogP contribution in [0.25, 0.3) is 11.1 Å². The molecule has 3 aromatic rings. The number of carbonyl (C=O) groups excluding carboxylic acids is 2. The minimum Gasteiger partial charge on any atom is -0.465 e. The van der Waals surface area contributed by atoms with Gasteiger partial charge in [-0.25, -0.2) is 12.8 Å². The predicted octanol–water partition coefficient (Wildman–Crippen LogP) is 5.62. The third-order valence-electron chi connectivity index (χ3n) is 8.07. The molecule has 4 rings (SSSR count). The van der Waals surface area contributed by atoms with Crippen molar-refractivity contribution in [2.75, 3.05) is 18.9 Å². The van der Waals surface area contributed by atoms with E-state index in [9.17, 15) is 22.4 Å². The maximum absolute atomic E-state index is 13.2. The van der Waals surface area contributed by atoms with Crippen LogP contribution in [0.4, 0.5) is 4.39 Å². The van der Waals surface area contributed by atoms with E-state index < -0.39 is 9.84 Å². The van der Waals surface area contributed by atoms with Gasteiger partial charge in [0, 0.05) is 18.2 Å². The molecular weight excluding hydrogens is 581 g/mol. The van der Waals surface area contributed by atoms with Crippen molar-refractivity contribution in [3.8, 4) is 11.1 Å². The van der Waals surface area contributed by atoms with E-state index in [0.29, 0.717) is 38.8 Å². The standard InChI is InChI=1S/C34H40FN3O5S/c1-3-43-33(39)21-37-20-24-4-6-26(7-5-24)27-14-18-31(19-15-27)44(41,42)22-32(36)28-8-10-29(11-9-28)34(40)38-23(2)25-12-16-30(35)17-13-25/h4-7,12-19,23,28-29,36-37H,3,8-11,20-22H2,1-2H3,(H,38,40). The van der Waals surface area contributed by atoms with Gasteiger partial charge in [-0.2, -0.15) is 0 Å². The number of halogens is 1. The number of esters is 1. The highest BCUT2D eigenvalue weighted by atomic mass is 32.2. The fraction of sp³-hybridized carbons (Fsp3) is 0.382. The molecule has 1 unspecified atom stereocenters. The normalized spacial score (nSPS) is 17.4. The Labute approximate surface area is 258 Å². The van der Waals surface area contributed by atoms with E-state index >= 15 is 0 Å². The van der Waals surface area contributed by atoms with Gasteiger partial charge in [0.1, 0.15) is 5.82 Å². The first-order valence-electron chi connectivity index (χ1n) is 15.0. The van der Waals surface area contributed by atoms with Crippen LogP contribution in [0.3, 0.4) is 0 Å². The molecule has 0 bridgehead atoms. The van der Waals surface area contributed by atoms with Gasteiger partial charge in [-0.1, -0.05) is 48.5 Å². The summed E-state index contributed by atoms with van der Waals surface area (Å²) in [4.78, 5) is 24.4. The van der Waals surface area contributed by atoms with Gasteiger partial charge in [-0.3, -0.25) is 9.59 Å². The molecule has 44 heavy (non-hydrogen) atoms. The van der Waals surface area contributed by atoms with Crippen molar-refractivity contribution in [2.24, 2.45) is 11.8 Å². The fourth-order valence-electron chi connectivity index (χ4n) is 5.47. The van der Waals surface area contributed by atoms with Crippen LogP contribution in [-0.4, -0.2) is 44.9 Å². The quantitative estimate of drug-likeness (QED) is 0.168. The topological polar surface area (TPSA) is 125 Å². The average Bonchev–Trinajstić information content (AvgIpc) is 3.02. The molecule has 0 radical (unpaired) electrons. The zero-order valence-corrected chi connectivity index (χ0v) is 26.0. The molecule has 0 heterocycles. The fourth-order valence-corrected chi connectivity index (χ4v) is 6.83. The molecule has 3 aromatic carbocycles. The molecule has 1 amide bonds. The summed E-state index contributed by atoms with van der Waals surface area (Å²) < 4.78 is 44.4. The summed E-state index contributed by atoms with van der Waals surface area (Å²) in [6.07, 6.45) is 2.35. The van der Waals surface area contributed by atoms with Gasteiger partial charge in [0.15, 0.2) is 9.84 Å². The number of hydrogen-bond acceptors (Lipinski definition) is 7. The van der Waals surface area contributed by atoms with Crippen LogP contribution in [0.2, 0.25) is 0 Å². The third-order valence-corrected chi connectivity index (χ3v) is 9.75. The molecule has 3 N–H and O–H groups in total. The summed E-state index contributed by atoms with van der Waals surface area (Å²) in [6, 6.07) is 20.3. The van der Waals surface area contributed by atoms with Gasteiger partial charge in [-0.15, -0.1) is 0 Å². The zero-order chi connectivity index (χ0) is 31.7. The Balaban J connectivity index is 1.25. The van der Waals surface area contributed by atoms with Gasteiger partial charge in [0.2, 0.25) is 5.91 Å². The molecule has 1 fully saturated rings. The Morgan fingerprint density at radius 3 is 2.07 bits per heavy atom. The largest absolute Gasteiger partial charge is 0.465 e. The van der Waals surface area contributed by atoms with Crippen LogP contribution >= 0.6 is 0 Å². The highest BCUT2D eigenvalue weighted by Crippen LogP contribution is 2.31. The first-order valence-corrected chi connectivity index (χ1v) is 16.6. The number of carbonyl (C=O) groups is 2. The lowest BCUT2D eigenvalue weighted by molar-refractivity contribution is -0.142. The molecule has 0 aliphatic heterocycles. The molecule has 1 atom stereocenters. The van der Waals surface area contributed by atoms with E-state index in [4.69, 9.17) is 10.1 Å². The van der Waals surface area contributed by atoms with Crippen molar-refractivity contribution in [1.82, 2.24) is 10.6 Å². The summed E-state index contributed by atoms with van der Waals surface area (Å²) in [7, 11) is -3.69. The smallest absolute Gasteiger partial charge is 0.319 e. The van der Waals surface area contributed by atoms with Crippen LogP contribution in [0.1, 0.15) is 56.7 Å². The number of hydrogen-bond donors (Lipinski definition) is 3. The van der Waals surface area contributed by atoms with E-state index in [2.05, 4.69) is 10.6 Å². The molecule has 0 aromatic heterocycles. The van der Waals surface area contributed by atoms with E-state index in [0.717, 1.165) is 22.3 Å². The number of rotatable bonds is 13. The molecule has 8 nitrogen and oxygen atoms in total. The highest BCUT2D eigenvalue weighted by molar-refractivity contribution is 7.92. The lowest BCUT2D eigenvalue weighted by Gasteiger charge is -2.29. The lowest BCUT2D eigenvalue weighted by Crippen LogP contribution is -2.36. The highest BCUT2D eigenvalue weighted by Gasteiger charge is 2.31. The Kier molecular flexibility index (Phi) is 11.4. The summed E-state index contributed by atoms with van der Waals surface area (Å²) in [5.74, 6) is -1.40. The zero-order valence-electron chi connectivity index (χ0n) is 25.1. The summed E-state index contributed by atoms with van der Waals surface area (Å²) >= 11 is 0. The van der Waals surface area contributed by atoms with Crippen molar-refractivity contribution >= 4 is 27.4 Å². The Hall–Kier alpha value is -3.89. The van der Waals surface area contributed by atoms with Crippen molar-refractivity contribution in [3.63, 3.8) is 0 Å². The predicted molar refractivity (Wildman–Crippen MR) is 168 cm³/mol. The van der Waals surface area contributed by atoms with E-state index in [1.54, 1.807) is 43.3 Å². The SMILES string of the molecule is CCOC(=O)CNCc1ccc(-c2ccc(S(=O)(=O)CC(=N)C3CCC(C(=O)NC(C)c4ccc(F)cc4)CC3)cc2)cc1. The molecule has 0 saturated heterocycles. The summed E-state index contributed by atoms with van der Waals surface area (Å²) in [5, 5.41) is 14.6. The van der Waals surface area contributed by atoms with Gasteiger partial charge >= 0.3 is 5.97 Å². The summed E-state index contributed by atoms with van der Waals surface area (Å²) in [6.45, 7) is 4.63. The lowest BCUT2D eigenvalue weighted by atomic mass is 9.79. The molecular formula is C34H40FN3O5S. The number of nitrogens with one attached hydrogen (secondary N) is 3. The molecule has 234 valence electrons. The molecule has 1 aliphatic rings. The first kappa shape index (κ1) is 33.0. The second kappa shape index (κ2) is 15.2. The van der Waals surface area contributed by atoms with Crippen LogP contribution in [0, 0.1) is 23.1 Å². The maximum Gasteiger partial charge on any atom is 0.319 e. The second-order valence-corrected chi connectivity index (χ2v) is 13.2. The third kappa shape index (κ3) is 9.06. The number of benzene rings is 3. The minimum atomic E-state index is -3.69. The van der Waals surface area contributed by atoms with Crippen molar-refractivity contribution in [2.45, 2.75) is 57.0 Å². The first-order chi connectivity index (χ1) is 21.1. The van der Waals surface area contributed by atoms with Gasteiger partial charge < -0.3 is 20.8 Å². The van der Waals surface area contributed by atoms with Gasteiger partial charge in [0.05, 0.1) is 29.8 Å². The molecule has 0 spiro atoms. The Bertz CT molecular complexity index is 1530. The maximum atomic E-state index is 13.2. The Morgan fingerprint density at radius 2 is 1.48 bits per heavy atom. The van der Waals surface area contributed by atoms with Crippen LogP contribution < -0.4 is 10.6 Å². The minimum absolute atomic E-state index is 0.0696. The van der Waals surface area contributed by atoms with E-state index in [1.165, 1.54) is 12.1 Å². The van der Waals surface area contributed by atoms with E-state index in [-0.39, 0.29) is 58.5 Å². The van der Waals surface area contributed by atoms with Crippen LogP contribution in [0.5, 0.6) is 0 Å². The summed E-state index contributed by atoms with van der Waals surface area (Å²) in [5.41, 5.74) is 3.81.